The fourth-order valence-corrected chi connectivity index (χ4v) is 2.79. The van der Waals surface area contributed by atoms with E-state index in [0.717, 1.165) is 31.7 Å². The predicted octanol–water partition coefficient (Wildman–Crippen LogP) is 0.785. The topological polar surface area (TPSA) is 51.4 Å². The summed E-state index contributed by atoms with van der Waals surface area (Å²) in [6.45, 7) is 2.74. The van der Waals surface area contributed by atoms with Gasteiger partial charge in [0.2, 0.25) is 0 Å². The number of amides is 2. The van der Waals surface area contributed by atoms with Crippen LogP contribution in [0.1, 0.15) is 18.2 Å². The smallest absolute Gasteiger partial charge is 0.320 e. The summed E-state index contributed by atoms with van der Waals surface area (Å²) < 4.78 is 0. The number of nitrogens with one attached hydrogen (secondary N) is 2. The van der Waals surface area contributed by atoms with Crippen LogP contribution in [0, 0.1) is 0 Å². The zero-order chi connectivity index (χ0) is 11.8. The van der Waals surface area contributed by atoms with Crippen LogP contribution in [-0.2, 0) is 0 Å². The van der Waals surface area contributed by atoms with Crippen LogP contribution in [0.4, 0.5) is 4.79 Å². The maximum atomic E-state index is 12.2. The van der Waals surface area contributed by atoms with E-state index in [0.29, 0.717) is 6.04 Å². The van der Waals surface area contributed by atoms with Crippen LogP contribution in [-0.4, -0.2) is 53.5 Å². The number of hydrogen-bond donors (Lipinski definition) is 2. The van der Waals surface area contributed by atoms with E-state index < -0.39 is 0 Å². The number of nitrogens with zero attached hydrogens (tertiary/aromatic N) is 2. The Balaban J connectivity index is 1.79. The second kappa shape index (κ2) is 4.07. The third-order valence-electron chi connectivity index (χ3n) is 3.84. The Labute approximate surface area is 101 Å². The van der Waals surface area contributed by atoms with Gasteiger partial charge in [0.15, 0.2) is 0 Å². The fraction of sp³-hybridized carbons (Fsp3) is 0.583. The van der Waals surface area contributed by atoms with E-state index in [9.17, 15) is 4.79 Å². The summed E-state index contributed by atoms with van der Waals surface area (Å²) in [4.78, 5) is 19.3. The molecule has 3 rings (SSSR count). The molecule has 2 unspecified atom stereocenters. The van der Waals surface area contributed by atoms with Gasteiger partial charge in [0, 0.05) is 38.1 Å². The van der Waals surface area contributed by atoms with Crippen LogP contribution < -0.4 is 5.32 Å². The van der Waals surface area contributed by atoms with Gasteiger partial charge in [0.25, 0.3) is 0 Å². The van der Waals surface area contributed by atoms with Gasteiger partial charge in [0.05, 0.1) is 6.04 Å². The molecule has 2 saturated heterocycles. The van der Waals surface area contributed by atoms with Crippen molar-refractivity contribution in [3.8, 4) is 0 Å². The van der Waals surface area contributed by atoms with Gasteiger partial charge in [-0.2, -0.15) is 0 Å². The highest BCUT2D eigenvalue weighted by molar-refractivity contribution is 5.77. The largest absolute Gasteiger partial charge is 0.363 e. The van der Waals surface area contributed by atoms with E-state index in [2.05, 4.69) is 10.3 Å². The molecule has 1 aromatic heterocycles. The Kier molecular flexibility index (Phi) is 2.55. The molecule has 0 spiro atoms. The summed E-state index contributed by atoms with van der Waals surface area (Å²) in [5.74, 6) is 0. The highest BCUT2D eigenvalue weighted by Gasteiger charge is 2.40. The molecule has 2 aliphatic rings. The van der Waals surface area contributed by atoms with Crippen molar-refractivity contribution in [1.82, 2.24) is 20.1 Å². The molecule has 92 valence electrons. The molecule has 1 aromatic rings. The van der Waals surface area contributed by atoms with Crippen LogP contribution in [0.3, 0.4) is 0 Å². The third kappa shape index (κ3) is 1.70. The summed E-state index contributed by atoms with van der Waals surface area (Å²) in [6, 6.07) is 4.71. The molecule has 0 saturated carbocycles. The maximum Gasteiger partial charge on any atom is 0.320 e. The standard InChI is InChI=1S/C12H18N4O/c1-15-11(10-3-2-5-14-10)8-16(12(15)17)9-4-6-13-7-9/h2-3,5,9,11,13-14H,4,6-8H2,1H3. The van der Waals surface area contributed by atoms with Crippen LogP contribution in [0.25, 0.3) is 0 Å². The fourth-order valence-electron chi connectivity index (χ4n) is 2.79. The second-order valence-corrected chi connectivity index (χ2v) is 4.83. The monoisotopic (exact) mass is 234 g/mol. The van der Waals surface area contributed by atoms with Gasteiger partial charge < -0.3 is 20.1 Å². The highest BCUT2D eigenvalue weighted by Crippen LogP contribution is 2.29. The van der Waals surface area contributed by atoms with Crippen molar-refractivity contribution in [2.24, 2.45) is 0 Å². The lowest BCUT2D eigenvalue weighted by molar-refractivity contribution is 0.184. The first-order chi connectivity index (χ1) is 8.27. The average Bonchev–Trinajstić information content (AvgIpc) is 3.02. The first-order valence-electron chi connectivity index (χ1n) is 6.15. The molecule has 3 heterocycles. The summed E-state index contributed by atoms with van der Waals surface area (Å²) >= 11 is 0. The van der Waals surface area contributed by atoms with Gasteiger partial charge in [-0.05, 0) is 25.1 Å². The third-order valence-corrected chi connectivity index (χ3v) is 3.84. The number of urea groups is 1. The molecule has 2 amide bonds. The Morgan fingerprint density at radius 1 is 1.47 bits per heavy atom. The zero-order valence-corrected chi connectivity index (χ0v) is 10.0. The number of H-pyrrole nitrogens is 1. The van der Waals surface area contributed by atoms with Gasteiger partial charge >= 0.3 is 6.03 Å². The molecule has 2 atom stereocenters. The normalized spacial score (nSPS) is 29.4. The van der Waals surface area contributed by atoms with E-state index in [4.69, 9.17) is 0 Å². The summed E-state index contributed by atoms with van der Waals surface area (Å²) in [7, 11) is 1.89. The lowest BCUT2D eigenvalue weighted by Crippen LogP contribution is -2.39. The van der Waals surface area contributed by atoms with Crippen LogP contribution in [0.2, 0.25) is 0 Å². The van der Waals surface area contributed by atoms with Crippen molar-refractivity contribution >= 4 is 6.03 Å². The Morgan fingerprint density at radius 2 is 2.35 bits per heavy atom. The number of hydrogen-bond acceptors (Lipinski definition) is 2. The Hall–Kier alpha value is -1.49. The molecular weight excluding hydrogens is 216 g/mol. The van der Waals surface area contributed by atoms with Crippen molar-refractivity contribution in [2.45, 2.75) is 18.5 Å². The van der Waals surface area contributed by atoms with E-state index in [1.54, 1.807) is 0 Å². The maximum absolute atomic E-state index is 12.2. The minimum Gasteiger partial charge on any atom is -0.363 e. The number of carbonyl (C=O) groups is 1. The minimum atomic E-state index is 0.151. The number of carbonyl (C=O) groups excluding carboxylic acids is 1. The second-order valence-electron chi connectivity index (χ2n) is 4.83. The summed E-state index contributed by atoms with van der Waals surface area (Å²) in [5, 5.41) is 3.31. The van der Waals surface area contributed by atoms with Crippen molar-refractivity contribution in [3.63, 3.8) is 0 Å². The molecular formula is C12H18N4O. The van der Waals surface area contributed by atoms with E-state index in [-0.39, 0.29) is 12.1 Å². The summed E-state index contributed by atoms with van der Waals surface area (Å²) in [6.07, 6.45) is 2.98. The first kappa shape index (κ1) is 10.7. The Morgan fingerprint density at radius 3 is 3.00 bits per heavy atom. The van der Waals surface area contributed by atoms with Gasteiger partial charge in [-0.15, -0.1) is 0 Å². The molecule has 5 heteroatoms. The van der Waals surface area contributed by atoms with Gasteiger partial charge in [-0.25, -0.2) is 4.79 Å². The van der Waals surface area contributed by atoms with Gasteiger partial charge in [0.1, 0.15) is 0 Å². The molecule has 5 nitrogen and oxygen atoms in total. The molecule has 0 radical (unpaired) electrons. The number of aromatic amines is 1. The van der Waals surface area contributed by atoms with E-state index in [1.807, 2.05) is 35.2 Å². The van der Waals surface area contributed by atoms with Gasteiger partial charge in [-0.3, -0.25) is 0 Å². The Bertz CT molecular complexity index is 397. The van der Waals surface area contributed by atoms with Crippen molar-refractivity contribution < 1.29 is 4.79 Å². The molecule has 2 aliphatic heterocycles. The molecule has 0 aromatic carbocycles. The van der Waals surface area contributed by atoms with Gasteiger partial charge in [-0.1, -0.05) is 0 Å². The molecule has 0 bridgehead atoms. The number of likely N-dealkylation sites (N-methyl/N-ethyl adjacent to an activating group) is 1. The quantitative estimate of drug-likeness (QED) is 0.794. The first-order valence-corrected chi connectivity index (χ1v) is 6.15. The average molecular weight is 234 g/mol. The molecule has 2 fully saturated rings. The lowest BCUT2D eigenvalue weighted by Gasteiger charge is -2.22. The van der Waals surface area contributed by atoms with Crippen molar-refractivity contribution in [2.75, 3.05) is 26.7 Å². The molecule has 17 heavy (non-hydrogen) atoms. The van der Waals surface area contributed by atoms with E-state index in [1.165, 1.54) is 0 Å². The van der Waals surface area contributed by atoms with Crippen LogP contribution in [0.5, 0.6) is 0 Å². The summed E-state index contributed by atoms with van der Waals surface area (Å²) in [5.41, 5.74) is 1.12. The predicted molar refractivity (Wildman–Crippen MR) is 64.7 cm³/mol. The van der Waals surface area contributed by atoms with Crippen molar-refractivity contribution in [1.29, 1.82) is 0 Å². The minimum absolute atomic E-state index is 0.151. The molecule has 0 aliphatic carbocycles. The lowest BCUT2D eigenvalue weighted by atomic mass is 10.2. The highest BCUT2D eigenvalue weighted by atomic mass is 16.2. The zero-order valence-electron chi connectivity index (χ0n) is 10.0. The van der Waals surface area contributed by atoms with Crippen LogP contribution >= 0.6 is 0 Å². The number of aromatic nitrogens is 1. The van der Waals surface area contributed by atoms with E-state index >= 15 is 0 Å². The van der Waals surface area contributed by atoms with Crippen LogP contribution in [0.15, 0.2) is 18.3 Å². The number of rotatable bonds is 2. The SMILES string of the molecule is CN1C(=O)N(C2CCNC2)CC1c1ccc[nH]1. The van der Waals surface area contributed by atoms with Crippen molar-refractivity contribution in [3.05, 3.63) is 24.0 Å². The molecule has 2 N–H and O–H groups in total.